The van der Waals surface area contributed by atoms with Crippen LogP contribution in [0.3, 0.4) is 0 Å². The normalized spacial score (nSPS) is 11.3. The maximum atomic E-state index is 11.5. The van der Waals surface area contributed by atoms with E-state index < -0.39 is 23.9 Å². The van der Waals surface area contributed by atoms with E-state index in [1.807, 2.05) is 19.1 Å². The van der Waals surface area contributed by atoms with Gasteiger partial charge in [0.05, 0.1) is 6.54 Å². The van der Waals surface area contributed by atoms with Crippen LogP contribution < -0.4 is 16.0 Å². The van der Waals surface area contributed by atoms with E-state index in [9.17, 15) is 14.4 Å². The molecular formula is C13H17N3O4. The summed E-state index contributed by atoms with van der Waals surface area (Å²) in [4.78, 5) is 33.4. The third-order valence-corrected chi connectivity index (χ3v) is 2.47. The maximum Gasteiger partial charge on any atom is 0.325 e. The van der Waals surface area contributed by atoms with Crippen LogP contribution in [0, 0.1) is 6.92 Å². The monoisotopic (exact) mass is 279 g/mol. The Morgan fingerprint density at radius 3 is 2.35 bits per heavy atom. The molecule has 0 heterocycles. The van der Waals surface area contributed by atoms with E-state index in [1.54, 1.807) is 12.1 Å². The van der Waals surface area contributed by atoms with Crippen LogP contribution in [0.2, 0.25) is 0 Å². The third-order valence-electron chi connectivity index (χ3n) is 2.47. The van der Waals surface area contributed by atoms with Crippen LogP contribution in [-0.4, -0.2) is 35.6 Å². The van der Waals surface area contributed by atoms with Crippen molar-refractivity contribution in [3.8, 4) is 0 Å². The number of amides is 3. The number of aliphatic carboxylic acids is 1. The summed E-state index contributed by atoms with van der Waals surface area (Å²) in [7, 11) is 0. The van der Waals surface area contributed by atoms with Gasteiger partial charge in [-0.3, -0.25) is 9.59 Å². The van der Waals surface area contributed by atoms with Gasteiger partial charge in [-0.2, -0.15) is 0 Å². The molecule has 0 spiro atoms. The van der Waals surface area contributed by atoms with Crippen LogP contribution in [0.15, 0.2) is 24.3 Å². The lowest BCUT2D eigenvalue weighted by Crippen LogP contribution is -2.44. The Bertz CT molecular complexity index is 499. The fourth-order valence-electron chi connectivity index (χ4n) is 1.33. The summed E-state index contributed by atoms with van der Waals surface area (Å²) in [6.07, 6.45) is 0. The predicted octanol–water partition coefficient (Wildman–Crippen LogP) is 0.706. The zero-order valence-corrected chi connectivity index (χ0v) is 11.3. The summed E-state index contributed by atoms with van der Waals surface area (Å²) in [6.45, 7) is 2.97. The lowest BCUT2D eigenvalue weighted by Gasteiger charge is -2.10. The van der Waals surface area contributed by atoms with Gasteiger partial charge in [0, 0.05) is 5.69 Å². The molecule has 0 aliphatic rings. The topological polar surface area (TPSA) is 108 Å². The number of hydrogen-bond donors (Lipinski definition) is 4. The van der Waals surface area contributed by atoms with E-state index in [-0.39, 0.29) is 6.54 Å². The molecule has 0 aromatic heterocycles. The zero-order chi connectivity index (χ0) is 15.1. The first kappa shape index (κ1) is 15.5. The summed E-state index contributed by atoms with van der Waals surface area (Å²) in [5, 5.41) is 15.7. The van der Waals surface area contributed by atoms with Crippen LogP contribution in [-0.2, 0) is 9.59 Å². The quantitative estimate of drug-likeness (QED) is 0.636. The van der Waals surface area contributed by atoms with Gasteiger partial charge in [-0.15, -0.1) is 0 Å². The number of rotatable bonds is 5. The van der Waals surface area contributed by atoms with E-state index in [0.717, 1.165) is 5.56 Å². The smallest absolute Gasteiger partial charge is 0.325 e. The van der Waals surface area contributed by atoms with E-state index >= 15 is 0 Å². The number of carbonyl (C=O) groups is 3. The number of carboxylic acid groups (broad SMARTS) is 1. The molecule has 0 radical (unpaired) electrons. The molecule has 20 heavy (non-hydrogen) atoms. The summed E-state index contributed by atoms with van der Waals surface area (Å²) in [5.74, 6) is -1.71. The van der Waals surface area contributed by atoms with E-state index in [1.165, 1.54) is 6.92 Å². The summed E-state index contributed by atoms with van der Waals surface area (Å²) in [5.41, 5.74) is 1.67. The Labute approximate surface area is 116 Å². The average molecular weight is 279 g/mol. The Kier molecular flexibility index (Phi) is 5.52. The Morgan fingerprint density at radius 1 is 1.20 bits per heavy atom. The van der Waals surface area contributed by atoms with Crippen molar-refractivity contribution in [1.82, 2.24) is 10.6 Å². The fourth-order valence-corrected chi connectivity index (χ4v) is 1.33. The highest BCUT2D eigenvalue weighted by Crippen LogP contribution is 2.07. The molecular weight excluding hydrogens is 262 g/mol. The minimum Gasteiger partial charge on any atom is -0.480 e. The molecule has 0 saturated carbocycles. The molecule has 0 aliphatic carbocycles. The van der Waals surface area contributed by atoms with Gasteiger partial charge in [-0.05, 0) is 26.0 Å². The number of aryl methyl sites for hydroxylation is 1. The third kappa shape index (κ3) is 5.38. The number of anilines is 1. The molecule has 1 aromatic carbocycles. The van der Waals surface area contributed by atoms with Gasteiger partial charge in [0.15, 0.2) is 0 Å². The predicted molar refractivity (Wildman–Crippen MR) is 73.4 cm³/mol. The number of carboxylic acids is 1. The number of hydrogen-bond acceptors (Lipinski definition) is 3. The number of benzene rings is 1. The summed E-state index contributed by atoms with van der Waals surface area (Å²) >= 11 is 0. The second kappa shape index (κ2) is 7.13. The van der Waals surface area contributed by atoms with E-state index in [0.29, 0.717) is 5.69 Å². The molecule has 0 saturated heterocycles. The van der Waals surface area contributed by atoms with Gasteiger partial charge in [0.1, 0.15) is 6.04 Å². The summed E-state index contributed by atoms with van der Waals surface area (Å²) in [6, 6.07) is 5.63. The minimum atomic E-state index is -1.14. The molecule has 1 atom stereocenters. The van der Waals surface area contributed by atoms with Crippen molar-refractivity contribution >= 4 is 23.6 Å². The van der Waals surface area contributed by atoms with Crippen molar-refractivity contribution in [1.29, 1.82) is 0 Å². The van der Waals surface area contributed by atoms with Crippen molar-refractivity contribution in [3.63, 3.8) is 0 Å². The Morgan fingerprint density at radius 2 is 1.80 bits per heavy atom. The highest BCUT2D eigenvalue weighted by molar-refractivity contribution is 5.93. The highest BCUT2D eigenvalue weighted by atomic mass is 16.4. The molecule has 1 rings (SSSR count). The van der Waals surface area contributed by atoms with Gasteiger partial charge in [-0.25, -0.2) is 4.79 Å². The van der Waals surface area contributed by atoms with Gasteiger partial charge in [0.25, 0.3) is 0 Å². The van der Waals surface area contributed by atoms with E-state index in [2.05, 4.69) is 16.0 Å². The summed E-state index contributed by atoms with van der Waals surface area (Å²) < 4.78 is 0. The largest absolute Gasteiger partial charge is 0.480 e. The van der Waals surface area contributed by atoms with Crippen LogP contribution in [0.25, 0.3) is 0 Å². The number of nitrogens with one attached hydrogen (secondary N) is 3. The van der Waals surface area contributed by atoms with Crippen LogP contribution in [0.1, 0.15) is 12.5 Å². The average Bonchev–Trinajstić information content (AvgIpc) is 2.39. The molecule has 1 aromatic rings. The molecule has 4 N–H and O–H groups in total. The van der Waals surface area contributed by atoms with Crippen molar-refractivity contribution in [2.75, 3.05) is 11.9 Å². The molecule has 0 fully saturated rings. The van der Waals surface area contributed by atoms with Crippen molar-refractivity contribution in [2.45, 2.75) is 19.9 Å². The molecule has 7 nitrogen and oxygen atoms in total. The SMILES string of the molecule is Cc1ccc(NC(=O)NCC(=O)NC(C)C(=O)O)cc1. The first-order chi connectivity index (χ1) is 9.38. The molecule has 108 valence electrons. The fraction of sp³-hybridized carbons (Fsp3) is 0.308. The molecule has 1 unspecified atom stereocenters. The second-order valence-electron chi connectivity index (χ2n) is 4.30. The molecule has 0 bridgehead atoms. The minimum absolute atomic E-state index is 0.296. The van der Waals surface area contributed by atoms with Crippen LogP contribution in [0.4, 0.5) is 10.5 Å². The van der Waals surface area contributed by atoms with Crippen LogP contribution >= 0.6 is 0 Å². The first-order valence-corrected chi connectivity index (χ1v) is 6.02. The standard InChI is InChI=1S/C13H17N3O4/c1-8-3-5-10(6-4-8)16-13(20)14-7-11(17)15-9(2)12(18)19/h3-6,9H,7H2,1-2H3,(H,15,17)(H,18,19)(H2,14,16,20). The van der Waals surface area contributed by atoms with Gasteiger partial charge >= 0.3 is 12.0 Å². The lowest BCUT2D eigenvalue weighted by molar-refractivity contribution is -0.141. The number of urea groups is 1. The zero-order valence-electron chi connectivity index (χ0n) is 11.3. The second-order valence-corrected chi connectivity index (χ2v) is 4.30. The maximum absolute atomic E-state index is 11.5. The molecule has 0 aliphatic heterocycles. The van der Waals surface area contributed by atoms with Gasteiger partial charge in [0.2, 0.25) is 5.91 Å². The van der Waals surface area contributed by atoms with Crippen molar-refractivity contribution in [3.05, 3.63) is 29.8 Å². The van der Waals surface area contributed by atoms with Crippen molar-refractivity contribution in [2.24, 2.45) is 0 Å². The van der Waals surface area contributed by atoms with Crippen molar-refractivity contribution < 1.29 is 19.5 Å². The Hall–Kier alpha value is -2.57. The van der Waals surface area contributed by atoms with Crippen LogP contribution in [0.5, 0.6) is 0 Å². The first-order valence-electron chi connectivity index (χ1n) is 6.02. The Balaban J connectivity index is 2.34. The molecule has 7 heteroatoms. The van der Waals surface area contributed by atoms with Gasteiger partial charge < -0.3 is 21.1 Å². The molecule has 3 amide bonds. The lowest BCUT2D eigenvalue weighted by atomic mass is 10.2. The highest BCUT2D eigenvalue weighted by Gasteiger charge is 2.14. The number of carbonyl (C=O) groups excluding carboxylic acids is 2. The van der Waals surface area contributed by atoms with E-state index in [4.69, 9.17) is 5.11 Å². The van der Waals surface area contributed by atoms with Gasteiger partial charge in [-0.1, -0.05) is 17.7 Å².